The molecular formula is C11H24N2. The van der Waals surface area contributed by atoms with Gasteiger partial charge in [0, 0.05) is 24.7 Å². The lowest BCUT2D eigenvalue weighted by molar-refractivity contribution is 0.0595. The molecule has 1 aliphatic rings. The van der Waals surface area contributed by atoms with E-state index in [9.17, 15) is 0 Å². The summed E-state index contributed by atoms with van der Waals surface area (Å²) in [5.41, 5.74) is 6.35. The Labute approximate surface area is 82.5 Å². The maximum Gasteiger partial charge on any atom is 0.0150 e. The molecule has 13 heavy (non-hydrogen) atoms. The van der Waals surface area contributed by atoms with Crippen LogP contribution in [0.2, 0.25) is 0 Å². The largest absolute Gasteiger partial charge is 0.327 e. The van der Waals surface area contributed by atoms with Gasteiger partial charge in [0.1, 0.15) is 0 Å². The van der Waals surface area contributed by atoms with Crippen molar-refractivity contribution in [3.63, 3.8) is 0 Å². The number of hydrogen-bond acceptors (Lipinski definition) is 2. The Kier molecular flexibility index (Phi) is 3.36. The van der Waals surface area contributed by atoms with Gasteiger partial charge in [-0.1, -0.05) is 13.8 Å². The zero-order chi connectivity index (χ0) is 10.1. The van der Waals surface area contributed by atoms with E-state index in [1.54, 1.807) is 0 Å². The summed E-state index contributed by atoms with van der Waals surface area (Å²) < 4.78 is 0. The standard InChI is InChI=1S/C11H24N2/c1-5-11(3,4)13-7-6-10(12)9(2)8-13/h9-10H,5-8,12H2,1-4H3. The van der Waals surface area contributed by atoms with Crippen LogP contribution < -0.4 is 5.73 Å². The van der Waals surface area contributed by atoms with Crippen LogP contribution in [0.1, 0.15) is 40.5 Å². The summed E-state index contributed by atoms with van der Waals surface area (Å²) in [6.07, 6.45) is 2.37. The molecule has 2 atom stereocenters. The van der Waals surface area contributed by atoms with Crippen molar-refractivity contribution in [2.45, 2.75) is 52.1 Å². The topological polar surface area (TPSA) is 29.3 Å². The van der Waals surface area contributed by atoms with Crippen LogP contribution in [0.4, 0.5) is 0 Å². The predicted octanol–water partition coefficient (Wildman–Crippen LogP) is 1.84. The van der Waals surface area contributed by atoms with Gasteiger partial charge < -0.3 is 5.73 Å². The minimum absolute atomic E-state index is 0.356. The first-order valence-corrected chi connectivity index (χ1v) is 5.48. The van der Waals surface area contributed by atoms with Crippen molar-refractivity contribution >= 4 is 0 Å². The van der Waals surface area contributed by atoms with Crippen LogP contribution in [0.25, 0.3) is 0 Å². The Bertz CT molecular complexity index is 165. The summed E-state index contributed by atoms with van der Waals surface area (Å²) in [5.74, 6) is 0.652. The van der Waals surface area contributed by atoms with E-state index in [0.717, 1.165) is 6.42 Å². The smallest absolute Gasteiger partial charge is 0.0150 e. The van der Waals surface area contributed by atoms with Gasteiger partial charge in [0.05, 0.1) is 0 Å². The lowest BCUT2D eigenvalue weighted by Gasteiger charge is -2.44. The molecular weight excluding hydrogens is 160 g/mol. The normalized spacial score (nSPS) is 32.1. The van der Waals surface area contributed by atoms with Gasteiger partial charge in [-0.15, -0.1) is 0 Å². The molecule has 2 N–H and O–H groups in total. The number of likely N-dealkylation sites (tertiary alicyclic amines) is 1. The van der Waals surface area contributed by atoms with Crippen LogP contribution in [0.5, 0.6) is 0 Å². The third kappa shape index (κ3) is 2.44. The van der Waals surface area contributed by atoms with E-state index in [1.807, 2.05) is 0 Å². The molecule has 2 nitrogen and oxygen atoms in total. The van der Waals surface area contributed by atoms with E-state index >= 15 is 0 Å². The molecule has 1 aliphatic heterocycles. The van der Waals surface area contributed by atoms with Crippen LogP contribution in [0, 0.1) is 5.92 Å². The van der Waals surface area contributed by atoms with Crippen LogP contribution >= 0.6 is 0 Å². The minimum Gasteiger partial charge on any atom is -0.327 e. The molecule has 0 amide bonds. The molecule has 0 aromatic carbocycles. The summed E-state index contributed by atoms with van der Waals surface area (Å²) in [5, 5.41) is 0. The van der Waals surface area contributed by atoms with Crippen LogP contribution in [-0.2, 0) is 0 Å². The first-order chi connectivity index (χ1) is 5.97. The number of nitrogens with two attached hydrogens (primary N) is 1. The maximum absolute atomic E-state index is 6.00. The fraction of sp³-hybridized carbons (Fsp3) is 1.00. The molecule has 0 aliphatic carbocycles. The highest BCUT2D eigenvalue weighted by molar-refractivity contribution is 4.88. The molecule has 0 aromatic rings. The summed E-state index contributed by atoms with van der Waals surface area (Å²) in [4.78, 5) is 2.58. The van der Waals surface area contributed by atoms with Gasteiger partial charge in [-0.25, -0.2) is 0 Å². The lowest BCUT2D eigenvalue weighted by atomic mass is 9.89. The molecule has 0 spiro atoms. The van der Waals surface area contributed by atoms with Crippen molar-refractivity contribution in [1.29, 1.82) is 0 Å². The predicted molar refractivity (Wildman–Crippen MR) is 57.7 cm³/mol. The van der Waals surface area contributed by atoms with Crippen LogP contribution in [0.3, 0.4) is 0 Å². The fourth-order valence-corrected chi connectivity index (χ4v) is 1.94. The Morgan fingerprint density at radius 1 is 1.46 bits per heavy atom. The second kappa shape index (κ2) is 3.97. The molecule has 78 valence electrons. The molecule has 1 fully saturated rings. The van der Waals surface area contributed by atoms with Crippen molar-refractivity contribution in [3.05, 3.63) is 0 Å². The quantitative estimate of drug-likeness (QED) is 0.709. The Morgan fingerprint density at radius 2 is 2.08 bits per heavy atom. The molecule has 2 heteroatoms. The average Bonchev–Trinajstić information content (AvgIpc) is 2.09. The Balaban J connectivity index is 2.55. The van der Waals surface area contributed by atoms with Gasteiger partial charge in [-0.3, -0.25) is 4.90 Å². The monoisotopic (exact) mass is 184 g/mol. The van der Waals surface area contributed by atoms with E-state index in [4.69, 9.17) is 5.73 Å². The molecule has 0 aromatic heterocycles. The Morgan fingerprint density at radius 3 is 2.54 bits per heavy atom. The van der Waals surface area contributed by atoms with E-state index in [1.165, 1.54) is 19.5 Å². The summed E-state index contributed by atoms with van der Waals surface area (Å²) in [6.45, 7) is 11.5. The summed E-state index contributed by atoms with van der Waals surface area (Å²) in [7, 11) is 0. The zero-order valence-corrected chi connectivity index (χ0v) is 9.51. The third-order valence-electron chi connectivity index (χ3n) is 3.69. The summed E-state index contributed by atoms with van der Waals surface area (Å²) >= 11 is 0. The number of rotatable bonds is 2. The molecule has 1 rings (SSSR count). The Hall–Kier alpha value is -0.0800. The number of hydrogen-bond donors (Lipinski definition) is 1. The van der Waals surface area contributed by atoms with Gasteiger partial charge in [0.15, 0.2) is 0 Å². The zero-order valence-electron chi connectivity index (χ0n) is 9.51. The second-order valence-electron chi connectivity index (χ2n) is 5.04. The molecule has 2 unspecified atom stereocenters. The van der Waals surface area contributed by atoms with E-state index in [2.05, 4.69) is 32.6 Å². The van der Waals surface area contributed by atoms with Gasteiger partial charge >= 0.3 is 0 Å². The van der Waals surface area contributed by atoms with Gasteiger partial charge in [0.2, 0.25) is 0 Å². The summed E-state index contributed by atoms with van der Waals surface area (Å²) in [6, 6.07) is 0.420. The fourth-order valence-electron chi connectivity index (χ4n) is 1.94. The van der Waals surface area contributed by atoms with Crippen LogP contribution in [0.15, 0.2) is 0 Å². The molecule has 1 saturated heterocycles. The molecule has 1 heterocycles. The van der Waals surface area contributed by atoms with E-state index < -0.39 is 0 Å². The highest BCUT2D eigenvalue weighted by atomic mass is 15.2. The highest BCUT2D eigenvalue weighted by Crippen LogP contribution is 2.25. The van der Waals surface area contributed by atoms with Crippen molar-refractivity contribution in [1.82, 2.24) is 4.90 Å². The van der Waals surface area contributed by atoms with Gasteiger partial charge in [-0.2, -0.15) is 0 Å². The van der Waals surface area contributed by atoms with E-state index in [0.29, 0.717) is 17.5 Å². The van der Waals surface area contributed by atoms with Crippen molar-refractivity contribution in [2.24, 2.45) is 11.7 Å². The lowest BCUT2D eigenvalue weighted by Crippen LogP contribution is -2.53. The van der Waals surface area contributed by atoms with E-state index in [-0.39, 0.29) is 0 Å². The molecule has 0 bridgehead atoms. The number of nitrogens with zero attached hydrogens (tertiary/aromatic N) is 1. The second-order valence-corrected chi connectivity index (χ2v) is 5.04. The van der Waals surface area contributed by atoms with Crippen molar-refractivity contribution < 1.29 is 0 Å². The average molecular weight is 184 g/mol. The highest BCUT2D eigenvalue weighted by Gasteiger charge is 2.31. The van der Waals surface area contributed by atoms with Gasteiger partial charge in [-0.05, 0) is 32.6 Å². The molecule has 0 saturated carbocycles. The van der Waals surface area contributed by atoms with Crippen molar-refractivity contribution in [2.75, 3.05) is 13.1 Å². The third-order valence-corrected chi connectivity index (χ3v) is 3.69. The van der Waals surface area contributed by atoms with Crippen LogP contribution in [-0.4, -0.2) is 29.6 Å². The van der Waals surface area contributed by atoms with Gasteiger partial charge in [0.25, 0.3) is 0 Å². The number of piperidine rings is 1. The first-order valence-electron chi connectivity index (χ1n) is 5.48. The maximum atomic E-state index is 6.00. The first kappa shape index (κ1) is 11.0. The molecule has 0 radical (unpaired) electrons. The minimum atomic E-state index is 0.356. The van der Waals surface area contributed by atoms with Crippen molar-refractivity contribution in [3.8, 4) is 0 Å². The SMILES string of the molecule is CCC(C)(C)N1CCC(N)C(C)C1.